The fourth-order valence-electron chi connectivity index (χ4n) is 2.65. The first-order valence-corrected chi connectivity index (χ1v) is 9.15. The number of carbonyl (C=O) groups is 1. The van der Waals surface area contributed by atoms with E-state index in [1.807, 2.05) is 0 Å². The maximum Gasteiger partial charge on any atom is 0.270 e. The minimum atomic E-state index is -1.06. The smallest absolute Gasteiger partial charge is 0.270 e. The van der Waals surface area contributed by atoms with Crippen LogP contribution in [-0.4, -0.2) is 31.6 Å². The lowest BCUT2D eigenvalue weighted by Gasteiger charge is -2.14. The number of methoxy groups -OCH3 is 3. The average Bonchev–Trinajstić information content (AvgIpc) is 2.96. The van der Waals surface area contributed by atoms with Crippen LogP contribution in [0, 0.1) is 11.6 Å². The molecule has 0 radical (unpaired) electrons. The van der Waals surface area contributed by atoms with Crippen LogP contribution in [0.2, 0.25) is 0 Å². The number of hydrogen-bond donors (Lipinski definition) is 0. The summed E-state index contributed by atoms with van der Waals surface area (Å²) in [6.45, 7) is 0. The number of rotatable bonds is 5. The molecule has 5 nitrogen and oxygen atoms in total. The molecule has 0 saturated carbocycles. The first-order valence-electron chi connectivity index (χ1n) is 7.92. The van der Waals surface area contributed by atoms with Gasteiger partial charge in [0.1, 0.15) is 0 Å². The first-order chi connectivity index (χ1) is 13.4. The molecule has 2 aromatic carbocycles. The summed E-state index contributed by atoms with van der Waals surface area (Å²) < 4.78 is 42.8. The minimum absolute atomic E-state index is 0.162. The molecule has 0 N–H and O–H groups in total. The summed E-state index contributed by atoms with van der Waals surface area (Å²) >= 11 is 6.31. The Bertz CT molecular complexity index is 969. The van der Waals surface area contributed by atoms with E-state index < -0.39 is 17.5 Å². The SMILES string of the molecule is COc1cc(C=C2SC(=S)N(c3ccc(F)c(F)c3)C2=O)cc(OC)c1OC. The quantitative estimate of drug-likeness (QED) is 0.525. The number of halogens is 2. The van der Waals surface area contributed by atoms with Crippen molar-refractivity contribution in [2.24, 2.45) is 0 Å². The van der Waals surface area contributed by atoms with Gasteiger partial charge in [0.25, 0.3) is 5.91 Å². The Balaban J connectivity index is 1.99. The number of thioether (sulfide) groups is 1. The van der Waals surface area contributed by atoms with E-state index in [0.717, 1.165) is 28.8 Å². The Hall–Kier alpha value is -2.65. The van der Waals surface area contributed by atoms with Gasteiger partial charge in [-0.15, -0.1) is 0 Å². The van der Waals surface area contributed by atoms with Crippen LogP contribution in [0.25, 0.3) is 6.08 Å². The molecule has 0 atom stereocenters. The van der Waals surface area contributed by atoms with E-state index in [9.17, 15) is 13.6 Å². The van der Waals surface area contributed by atoms with E-state index in [-0.39, 0.29) is 10.0 Å². The van der Waals surface area contributed by atoms with Gasteiger partial charge in [-0.05, 0) is 35.9 Å². The number of benzene rings is 2. The summed E-state index contributed by atoms with van der Waals surface area (Å²) in [6.07, 6.45) is 1.61. The molecule has 9 heteroatoms. The Labute approximate surface area is 169 Å². The number of ether oxygens (including phenoxy) is 3. The first kappa shape index (κ1) is 20.1. The van der Waals surface area contributed by atoms with Gasteiger partial charge in [-0.3, -0.25) is 9.69 Å². The summed E-state index contributed by atoms with van der Waals surface area (Å²) in [6, 6.07) is 6.55. The maximum absolute atomic E-state index is 13.6. The molecule has 146 valence electrons. The Morgan fingerprint density at radius 1 is 1.00 bits per heavy atom. The monoisotopic (exact) mass is 423 g/mol. The largest absolute Gasteiger partial charge is 0.493 e. The van der Waals surface area contributed by atoms with Gasteiger partial charge < -0.3 is 14.2 Å². The second kappa shape index (κ2) is 8.15. The van der Waals surface area contributed by atoms with Gasteiger partial charge >= 0.3 is 0 Å². The van der Waals surface area contributed by atoms with Gasteiger partial charge in [-0.2, -0.15) is 0 Å². The molecule has 0 unspecified atom stereocenters. The molecule has 1 aliphatic heterocycles. The van der Waals surface area contributed by atoms with Crippen molar-refractivity contribution in [3.05, 3.63) is 52.4 Å². The average molecular weight is 423 g/mol. The molecule has 1 fully saturated rings. The van der Waals surface area contributed by atoms with Crippen LogP contribution >= 0.6 is 24.0 Å². The highest BCUT2D eigenvalue weighted by molar-refractivity contribution is 8.27. The van der Waals surface area contributed by atoms with Crippen LogP contribution in [0.5, 0.6) is 17.2 Å². The lowest BCUT2D eigenvalue weighted by Crippen LogP contribution is -2.27. The maximum atomic E-state index is 13.6. The van der Waals surface area contributed by atoms with E-state index in [0.29, 0.717) is 27.7 Å². The third-order valence-corrected chi connectivity index (χ3v) is 5.24. The Kier molecular flexibility index (Phi) is 5.85. The molecule has 0 aliphatic carbocycles. The van der Waals surface area contributed by atoms with E-state index in [1.54, 1.807) is 18.2 Å². The summed E-state index contributed by atoms with van der Waals surface area (Å²) in [5, 5.41) is 0. The highest BCUT2D eigenvalue weighted by Crippen LogP contribution is 2.41. The molecule has 2 aromatic rings. The van der Waals surface area contributed by atoms with Crippen LogP contribution in [-0.2, 0) is 4.79 Å². The number of amides is 1. The van der Waals surface area contributed by atoms with Gasteiger partial charge in [-0.25, -0.2) is 8.78 Å². The second-order valence-corrected chi connectivity index (χ2v) is 7.25. The minimum Gasteiger partial charge on any atom is -0.493 e. The predicted molar refractivity (Wildman–Crippen MR) is 108 cm³/mol. The van der Waals surface area contributed by atoms with Crippen molar-refractivity contribution in [1.82, 2.24) is 0 Å². The highest BCUT2D eigenvalue weighted by Gasteiger charge is 2.33. The molecule has 1 saturated heterocycles. The van der Waals surface area contributed by atoms with Gasteiger partial charge in [0.15, 0.2) is 27.5 Å². The van der Waals surface area contributed by atoms with E-state index in [1.165, 1.54) is 27.4 Å². The van der Waals surface area contributed by atoms with Crippen molar-refractivity contribution in [2.45, 2.75) is 0 Å². The molecule has 0 aromatic heterocycles. The summed E-state index contributed by atoms with van der Waals surface area (Å²) in [5.74, 6) is -1.19. The zero-order valence-corrected chi connectivity index (χ0v) is 16.7. The van der Waals surface area contributed by atoms with Crippen LogP contribution in [0.15, 0.2) is 35.2 Å². The molecule has 0 spiro atoms. The Morgan fingerprint density at radius 2 is 1.64 bits per heavy atom. The normalized spacial score (nSPS) is 15.3. The van der Waals surface area contributed by atoms with E-state index in [2.05, 4.69) is 0 Å². The van der Waals surface area contributed by atoms with Crippen molar-refractivity contribution >= 4 is 46.0 Å². The third kappa shape index (κ3) is 3.67. The number of carbonyl (C=O) groups excluding carboxylic acids is 1. The molecule has 3 rings (SSSR count). The highest BCUT2D eigenvalue weighted by atomic mass is 32.2. The Morgan fingerprint density at radius 3 is 2.18 bits per heavy atom. The lowest BCUT2D eigenvalue weighted by atomic mass is 10.1. The van der Waals surface area contributed by atoms with Crippen molar-refractivity contribution in [2.75, 3.05) is 26.2 Å². The molecular weight excluding hydrogens is 408 g/mol. The van der Waals surface area contributed by atoms with Crippen molar-refractivity contribution in [3.8, 4) is 17.2 Å². The predicted octanol–water partition coefficient (Wildman–Crippen LogP) is 4.40. The van der Waals surface area contributed by atoms with Crippen LogP contribution in [0.1, 0.15) is 5.56 Å². The fraction of sp³-hybridized carbons (Fsp3) is 0.158. The van der Waals surface area contributed by atoms with Crippen LogP contribution < -0.4 is 19.1 Å². The summed E-state index contributed by atoms with van der Waals surface area (Å²) in [4.78, 5) is 14.3. The second-order valence-electron chi connectivity index (χ2n) is 5.57. The van der Waals surface area contributed by atoms with Gasteiger partial charge in [0.05, 0.1) is 31.9 Å². The van der Waals surface area contributed by atoms with Crippen LogP contribution in [0.3, 0.4) is 0 Å². The fourth-order valence-corrected chi connectivity index (χ4v) is 3.95. The van der Waals surface area contributed by atoms with Crippen molar-refractivity contribution in [3.63, 3.8) is 0 Å². The van der Waals surface area contributed by atoms with Gasteiger partial charge in [0.2, 0.25) is 5.75 Å². The number of nitrogens with zero attached hydrogens (tertiary/aromatic N) is 1. The molecule has 1 aliphatic rings. The molecule has 0 bridgehead atoms. The third-order valence-electron chi connectivity index (χ3n) is 3.94. The summed E-state index contributed by atoms with van der Waals surface area (Å²) in [7, 11) is 4.47. The molecule has 28 heavy (non-hydrogen) atoms. The summed E-state index contributed by atoms with van der Waals surface area (Å²) in [5.41, 5.74) is 0.787. The number of hydrogen-bond acceptors (Lipinski definition) is 6. The van der Waals surface area contributed by atoms with Gasteiger partial charge in [-0.1, -0.05) is 24.0 Å². The molecular formula is C19H15F2NO4S2. The zero-order chi connectivity index (χ0) is 20.4. The number of thiocarbonyl (C=S) groups is 1. The van der Waals surface area contributed by atoms with Gasteiger partial charge in [0, 0.05) is 6.07 Å². The van der Waals surface area contributed by atoms with Crippen molar-refractivity contribution in [1.29, 1.82) is 0 Å². The van der Waals surface area contributed by atoms with E-state index in [4.69, 9.17) is 26.4 Å². The molecule has 1 amide bonds. The zero-order valence-electron chi connectivity index (χ0n) is 15.1. The van der Waals surface area contributed by atoms with Crippen molar-refractivity contribution < 1.29 is 27.8 Å². The van der Waals surface area contributed by atoms with Crippen LogP contribution in [0.4, 0.5) is 14.5 Å². The number of anilines is 1. The lowest BCUT2D eigenvalue weighted by molar-refractivity contribution is -0.113. The van der Waals surface area contributed by atoms with E-state index >= 15 is 0 Å². The standard InChI is InChI=1S/C19H15F2NO4S2/c1-24-14-6-10(7-15(25-2)17(14)26-3)8-16-18(23)22(19(27)28-16)11-4-5-12(20)13(21)9-11/h4-9H,1-3H3. The molecule has 1 heterocycles. The topological polar surface area (TPSA) is 48.0 Å².